The Morgan fingerprint density at radius 1 is 1.10 bits per heavy atom. The van der Waals surface area contributed by atoms with E-state index < -0.39 is 6.10 Å². The number of methoxy groups -OCH3 is 1. The normalized spacial score (nSPS) is 12.2. The molecule has 2 aromatic rings. The highest BCUT2D eigenvalue weighted by atomic mass is 32.2. The van der Waals surface area contributed by atoms with Crippen LogP contribution in [0, 0.1) is 13.8 Å². The van der Waals surface area contributed by atoms with Crippen LogP contribution >= 0.6 is 11.8 Å². The average Bonchev–Trinajstić information content (AvgIpc) is 2.42. The third-order valence-corrected chi connectivity index (χ3v) is 4.46. The summed E-state index contributed by atoms with van der Waals surface area (Å²) in [5.41, 5.74) is 3.32. The molecule has 0 saturated heterocycles. The first-order valence-electron chi connectivity index (χ1n) is 6.63. The lowest BCUT2D eigenvalue weighted by atomic mass is 10.1. The third kappa shape index (κ3) is 3.17. The van der Waals surface area contributed by atoms with Crippen LogP contribution in [0.15, 0.2) is 46.2 Å². The zero-order valence-corrected chi connectivity index (χ0v) is 13.1. The molecule has 0 aliphatic heterocycles. The van der Waals surface area contributed by atoms with Gasteiger partial charge in [-0.1, -0.05) is 30.0 Å². The van der Waals surface area contributed by atoms with Crippen LogP contribution in [0.2, 0.25) is 0 Å². The van der Waals surface area contributed by atoms with Crippen LogP contribution in [0.1, 0.15) is 29.7 Å². The summed E-state index contributed by atoms with van der Waals surface area (Å²) in [5.74, 6) is 0.732. The summed E-state index contributed by atoms with van der Waals surface area (Å²) in [6, 6.07) is 12.3. The van der Waals surface area contributed by atoms with Gasteiger partial charge in [0.15, 0.2) is 0 Å². The van der Waals surface area contributed by atoms with E-state index in [1.807, 2.05) is 18.2 Å². The van der Waals surface area contributed by atoms with Crippen LogP contribution in [0.5, 0.6) is 5.75 Å². The van der Waals surface area contributed by atoms with Gasteiger partial charge in [-0.05, 0) is 50.1 Å². The standard InChI is InChI=1S/C17H20O2S/c1-11-8-9-12(2)16(10-11)20-15-7-5-6-14(19-4)17(15)13(3)18/h5-10,13,18H,1-4H3. The van der Waals surface area contributed by atoms with Crippen LogP contribution in [-0.2, 0) is 0 Å². The van der Waals surface area contributed by atoms with Gasteiger partial charge in [0.25, 0.3) is 0 Å². The first-order valence-corrected chi connectivity index (χ1v) is 7.44. The van der Waals surface area contributed by atoms with Crippen molar-refractivity contribution in [2.24, 2.45) is 0 Å². The number of benzene rings is 2. The quantitative estimate of drug-likeness (QED) is 0.897. The van der Waals surface area contributed by atoms with E-state index in [0.717, 1.165) is 16.2 Å². The minimum absolute atomic E-state index is 0.557. The van der Waals surface area contributed by atoms with E-state index in [1.54, 1.807) is 25.8 Å². The Bertz CT molecular complexity index is 606. The van der Waals surface area contributed by atoms with E-state index in [9.17, 15) is 5.11 Å². The summed E-state index contributed by atoms with van der Waals surface area (Å²) in [6.45, 7) is 5.96. The number of ether oxygens (including phenoxy) is 1. The molecule has 0 radical (unpaired) electrons. The Balaban J connectivity index is 2.45. The summed E-state index contributed by atoms with van der Waals surface area (Å²) in [4.78, 5) is 2.24. The summed E-state index contributed by atoms with van der Waals surface area (Å²) < 4.78 is 5.37. The Labute approximate surface area is 124 Å². The van der Waals surface area contributed by atoms with E-state index in [2.05, 4.69) is 32.0 Å². The summed E-state index contributed by atoms with van der Waals surface area (Å²) in [6.07, 6.45) is -0.557. The van der Waals surface area contributed by atoms with Crippen molar-refractivity contribution in [1.82, 2.24) is 0 Å². The molecule has 0 aliphatic rings. The van der Waals surface area contributed by atoms with Crippen LogP contribution < -0.4 is 4.74 Å². The largest absolute Gasteiger partial charge is 0.496 e. The predicted octanol–water partition coefficient (Wildman–Crippen LogP) is 4.52. The zero-order valence-electron chi connectivity index (χ0n) is 12.3. The van der Waals surface area contributed by atoms with E-state index in [-0.39, 0.29) is 0 Å². The van der Waals surface area contributed by atoms with Crippen molar-refractivity contribution < 1.29 is 9.84 Å². The van der Waals surface area contributed by atoms with Gasteiger partial charge in [0, 0.05) is 15.4 Å². The maximum absolute atomic E-state index is 10.0. The lowest BCUT2D eigenvalue weighted by molar-refractivity contribution is 0.191. The molecule has 3 heteroatoms. The smallest absolute Gasteiger partial charge is 0.125 e. The molecule has 0 heterocycles. The molecule has 2 rings (SSSR count). The van der Waals surface area contributed by atoms with Gasteiger partial charge in [-0.25, -0.2) is 0 Å². The van der Waals surface area contributed by atoms with Gasteiger partial charge in [-0.3, -0.25) is 0 Å². The fraction of sp³-hybridized carbons (Fsp3) is 0.294. The number of aliphatic hydroxyl groups is 1. The molecule has 2 aromatic carbocycles. The lowest BCUT2D eigenvalue weighted by Crippen LogP contribution is -1.99. The summed E-state index contributed by atoms with van der Waals surface area (Å²) >= 11 is 1.67. The first-order chi connectivity index (χ1) is 9.52. The van der Waals surface area contributed by atoms with E-state index in [1.165, 1.54) is 16.0 Å². The van der Waals surface area contributed by atoms with Gasteiger partial charge in [0.2, 0.25) is 0 Å². The van der Waals surface area contributed by atoms with Crippen molar-refractivity contribution in [3.63, 3.8) is 0 Å². The van der Waals surface area contributed by atoms with Crippen molar-refractivity contribution >= 4 is 11.8 Å². The summed E-state index contributed by atoms with van der Waals surface area (Å²) in [5, 5.41) is 10.0. The fourth-order valence-corrected chi connectivity index (χ4v) is 3.38. The highest BCUT2D eigenvalue weighted by Crippen LogP contribution is 2.39. The Hall–Kier alpha value is -1.45. The maximum atomic E-state index is 10.0. The Morgan fingerprint density at radius 3 is 2.50 bits per heavy atom. The fourth-order valence-electron chi connectivity index (χ4n) is 2.14. The monoisotopic (exact) mass is 288 g/mol. The molecule has 0 aliphatic carbocycles. The van der Waals surface area contributed by atoms with Crippen molar-refractivity contribution in [3.05, 3.63) is 53.1 Å². The molecule has 106 valence electrons. The second kappa shape index (κ2) is 6.33. The van der Waals surface area contributed by atoms with Crippen LogP contribution in [-0.4, -0.2) is 12.2 Å². The Morgan fingerprint density at radius 2 is 1.85 bits per heavy atom. The molecule has 0 amide bonds. The minimum Gasteiger partial charge on any atom is -0.496 e. The molecule has 2 nitrogen and oxygen atoms in total. The van der Waals surface area contributed by atoms with Gasteiger partial charge in [0.05, 0.1) is 13.2 Å². The predicted molar refractivity (Wildman–Crippen MR) is 83.7 cm³/mol. The maximum Gasteiger partial charge on any atom is 0.125 e. The van der Waals surface area contributed by atoms with E-state index in [4.69, 9.17) is 4.74 Å². The molecule has 20 heavy (non-hydrogen) atoms. The molecular weight excluding hydrogens is 268 g/mol. The second-order valence-corrected chi connectivity index (χ2v) is 6.00. The van der Waals surface area contributed by atoms with Crippen LogP contribution in [0.4, 0.5) is 0 Å². The van der Waals surface area contributed by atoms with Gasteiger partial charge in [0.1, 0.15) is 5.75 Å². The molecular formula is C17H20O2S. The van der Waals surface area contributed by atoms with E-state index in [0.29, 0.717) is 0 Å². The molecule has 0 fully saturated rings. The van der Waals surface area contributed by atoms with Gasteiger partial charge >= 0.3 is 0 Å². The first kappa shape index (κ1) is 14.9. The third-order valence-electron chi connectivity index (χ3n) is 3.23. The van der Waals surface area contributed by atoms with Crippen molar-refractivity contribution in [1.29, 1.82) is 0 Å². The molecule has 0 bridgehead atoms. The lowest BCUT2D eigenvalue weighted by Gasteiger charge is -2.16. The van der Waals surface area contributed by atoms with Crippen LogP contribution in [0.25, 0.3) is 0 Å². The average molecular weight is 288 g/mol. The van der Waals surface area contributed by atoms with Crippen molar-refractivity contribution in [2.75, 3.05) is 7.11 Å². The molecule has 0 spiro atoms. The highest BCUT2D eigenvalue weighted by molar-refractivity contribution is 7.99. The number of aryl methyl sites for hydroxylation is 2. The number of hydrogen-bond acceptors (Lipinski definition) is 3. The number of rotatable bonds is 4. The Kier molecular flexibility index (Phi) is 4.73. The highest BCUT2D eigenvalue weighted by Gasteiger charge is 2.15. The molecule has 0 saturated carbocycles. The van der Waals surface area contributed by atoms with Crippen molar-refractivity contribution in [2.45, 2.75) is 36.7 Å². The minimum atomic E-state index is -0.557. The molecule has 1 N–H and O–H groups in total. The van der Waals surface area contributed by atoms with E-state index >= 15 is 0 Å². The zero-order chi connectivity index (χ0) is 14.7. The van der Waals surface area contributed by atoms with Gasteiger partial charge < -0.3 is 9.84 Å². The number of hydrogen-bond donors (Lipinski definition) is 1. The molecule has 1 atom stereocenters. The molecule has 1 unspecified atom stereocenters. The van der Waals surface area contributed by atoms with Crippen molar-refractivity contribution in [3.8, 4) is 5.75 Å². The van der Waals surface area contributed by atoms with Crippen LogP contribution in [0.3, 0.4) is 0 Å². The molecule has 0 aromatic heterocycles. The number of aliphatic hydroxyl groups excluding tert-OH is 1. The van der Waals surface area contributed by atoms with Gasteiger partial charge in [-0.2, -0.15) is 0 Å². The topological polar surface area (TPSA) is 29.5 Å². The van der Waals surface area contributed by atoms with Gasteiger partial charge in [-0.15, -0.1) is 0 Å². The second-order valence-electron chi connectivity index (χ2n) is 4.92. The summed E-state index contributed by atoms with van der Waals surface area (Å²) in [7, 11) is 1.63. The SMILES string of the molecule is COc1cccc(Sc2cc(C)ccc2C)c1C(C)O.